The van der Waals surface area contributed by atoms with Crippen LogP contribution in [0.15, 0.2) is 36.7 Å². The molecule has 0 amide bonds. The van der Waals surface area contributed by atoms with Gasteiger partial charge in [0.2, 0.25) is 0 Å². The number of nitrogens with one attached hydrogen (secondary N) is 1. The van der Waals surface area contributed by atoms with Gasteiger partial charge in [0.15, 0.2) is 0 Å². The minimum Gasteiger partial charge on any atom is -0.316 e. The molecule has 2 aromatic rings. The minimum atomic E-state index is -0.226. The molecule has 4 heteroatoms. The van der Waals surface area contributed by atoms with Crippen LogP contribution in [0.2, 0.25) is 0 Å². The van der Waals surface area contributed by atoms with E-state index < -0.39 is 0 Å². The molecule has 1 fully saturated rings. The van der Waals surface area contributed by atoms with E-state index in [2.05, 4.69) is 15.3 Å². The van der Waals surface area contributed by atoms with E-state index in [1.807, 2.05) is 6.07 Å². The van der Waals surface area contributed by atoms with Crippen LogP contribution in [0.3, 0.4) is 0 Å². The summed E-state index contributed by atoms with van der Waals surface area (Å²) in [4.78, 5) is 8.65. The van der Waals surface area contributed by atoms with Gasteiger partial charge in [-0.25, -0.2) is 14.4 Å². The van der Waals surface area contributed by atoms with Crippen LogP contribution in [-0.2, 0) is 6.42 Å². The molecule has 0 unspecified atom stereocenters. The highest BCUT2D eigenvalue weighted by atomic mass is 19.1. The molecule has 1 aromatic carbocycles. The molecule has 104 valence electrons. The summed E-state index contributed by atoms with van der Waals surface area (Å²) in [7, 11) is 0. The predicted molar refractivity (Wildman–Crippen MR) is 76.7 cm³/mol. The number of rotatable bonds is 3. The van der Waals surface area contributed by atoms with E-state index in [4.69, 9.17) is 0 Å². The van der Waals surface area contributed by atoms with E-state index in [1.54, 1.807) is 18.5 Å². The van der Waals surface area contributed by atoms with Gasteiger partial charge in [-0.1, -0.05) is 0 Å². The highest BCUT2D eigenvalue weighted by molar-refractivity contribution is 5.58. The summed E-state index contributed by atoms with van der Waals surface area (Å²) < 4.78 is 13.0. The Kier molecular flexibility index (Phi) is 4.02. The van der Waals surface area contributed by atoms with Gasteiger partial charge in [-0.15, -0.1) is 0 Å². The van der Waals surface area contributed by atoms with E-state index in [0.717, 1.165) is 36.5 Å². The van der Waals surface area contributed by atoms with E-state index in [0.29, 0.717) is 5.92 Å². The molecule has 1 atom stereocenters. The second-order valence-corrected chi connectivity index (χ2v) is 5.32. The molecule has 0 spiro atoms. The monoisotopic (exact) mass is 271 g/mol. The van der Waals surface area contributed by atoms with Crippen molar-refractivity contribution in [1.82, 2.24) is 15.3 Å². The third-order valence-corrected chi connectivity index (χ3v) is 3.76. The zero-order chi connectivity index (χ0) is 13.8. The molecule has 3 nitrogen and oxygen atoms in total. The fraction of sp³-hybridized carbons (Fsp3) is 0.375. The third kappa shape index (κ3) is 3.20. The SMILES string of the molecule is Fc1ccc(-c2cc(C[C@H]3CCCNC3)ncn2)cc1. The van der Waals surface area contributed by atoms with Crippen LogP contribution < -0.4 is 5.32 Å². The molecular weight excluding hydrogens is 253 g/mol. The van der Waals surface area contributed by atoms with Gasteiger partial charge >= 0.3 is 0 Å². The first-order chi connectivity index (χ1) is 9.81. The largest absolute Gasteiger partial charge is 0.316 e. The summed E-state index contributed by atoms with van der Waals surface area (Å²) in [5, 5.41) is 3.42. The maximum Gasteiger partial charge on any atom is 0.123 e. The zero-order valence-electron chi connectivity index (χ0n) is 11.3. The van der Waals surface area contributed by atoms with Crippen molar-refractivity contribution in [2.45, 2.75) is 19.3 Å². The van der Waals surface area contributed by atoms with Gasteiger partial charge in [0, 0.05) is 11.3 Å². The zero-order valence-corrected chi connectivity index (χ0v) is 11.3. The fourth-order valence-corrected chi connectivity index (χ4v) is 2.68. The maximum atomic E-state index is 13.0. The van der Waals surface area contributed by atoms with Gasteiger partial charge in [-0.05, 0) is 68.6 Å². The third-order valence-electron chi connectivity index (χ3n) is 3.76. The first kappa shape index (κ1) is 13.2. The van der Waals surface area contributed by atoms with Gasteiger partial charge in [-0.2, -0.15) is 0 Å². The lowest BCUT2D eigenvalue weighted by Gasteiger charge is -2.22. The first-order valence-corrected chi connectivity index (χ1v) is 7.09. The van der Waals surface area contributed by atoms with Gasteiger partial charge in [-0.3, -0.25) is 0 Å². The average molecular weight is 271 g/mol. The number of aromatic nitrogens is 2. The van der Waals surface area contributed by atoms with Crippen molar-refractivity contribution < 1.29 is 4.39 Å². The number of hydrogen-bond acceptors (Lipinski definition) is 3. The van der Waals surface area contributed by atoms with Crippen LogP contribution >= 0.6 is 0 Å². The van der Waals surface area contributed by atoms with E-state index in [-0.39, 0.29) is 5.82 Å². The van der Waals surface area contributed by atoms with Gasteiger partial charge in [0.25, 0.3) is 0 Å². The normalized spacial score (nSPS) is 18.9. The van der Waals surface area contributed by atoms with Crippen molar-refractivity contribution in [3.05, 3.63) is 48.2 Å². The van der Waals surface area contributed by atoms with Crippen molar-refractivity contribution in [3.8, 4) is 11.3 Å². The molecule has 1 aliphatic rings. The summed E-state index contributed by atoms with van der Waals surface area (Å²) >= 11 is 0. The summed E-state index contributed by atoms with van der Waals surface area (Å²) in [5.41, 5.74) is 2.85. The molecule has 1 aliphatic heterocycles. The summed E-state index contributed by atoms with van der Waals surface area (Å²) in [6.07, 6.45) is 5.07. The van der Waals surface area contributed by atoms with E-state index in [9.17, 15) is 4.39 Å². The highest BCUT2D eigenvalue weighted by Crippen LogP contribution is 2.20. The second-order valence-electron chi connectivity index (χ2n) is 5.32. The minimum absolute atomic E-state index is 0.226. The molecule has 20 heavy (non-hydrogen) atoms. The van der Waals surface area contributed by atoms with Crippen molar-refractivity contribution in [2.24, 2.45) is 5.92 Å². The first-order valence-electron chi connectivity index (χ1n) is 7.09. The summed E-state index contributed by atoms with van der Waals surface area (Å²) in [5.74, 6) is 0.427. The van der Waals surface area contributed by atoms with Crippen LogP contribution in [0.5, 0.6) is 0 Å². The Morgan fingerprint density at radius 3 is 2.80 bits per heavy atom. The molecule has 3 rings (SSSR count). The van der Waals surface area contributed by atoms with Gasteiger partial charge in [0.1, 0.15) is 12.1 Å². The smallest absolute Gasteiger partial charge is 0.123 e. The highest BCUT2D eigenvalue weighted by Gasteiger charge is 2.14. The Balaban J connectivity index is 1.76. The number of nitrogens with zero attached hydrogens (tertiary/aromatic N) is 2. The number of halogens is 1. The average Bonchev–Trinajstić information content (AvgIpc) is 2.49. The van der Waals surface area contributed by atoms with Crippen molar-refractivity contribution in [2.75, 3.05) is 13.1 Å². The molecule has 0 bridgehead atoms. The van der Waals surface area contributed by atoms with Crippen LogP contribution in [0, 0.1) is 11.7 Å². The molecule has 0 saturated carbocycles. The lowest BCUT2D eigenvalue weighted by Crippen LogP contribution is -2.31. The number of benzene rings is 1. The van der Waals surface area contributed by atoms with E-state index >= 15 is 0 Å². The molecule has 0 aliphatic carbocycles. The number of piperidine rings is 1. The topological polar surface area (TPSA) is 37.8 Å². The molecule has 0 radical (unpaired) electrons. The Bertz CT molecular complexity index is 562. The lowest BCUT2D eigenvalue weighted by molar-refractivity contribution is 0.373. The Labute approximate surface area is 118 Å². The molecule has 1 N–H and O–H groups in total. The van der Waals surface area contributed by atoms with Crippen molar-refractivity contribution >= 4 is 0 Å². The predicted octanol–water partition coefficient (Wildman–Crippen LogP) is 2.82. The van der Waals surface area contributed by atoms with Crippen LogP contribution in [-0.4, -0.2) is 23.1 Å². The maximum absolute atomic E-state index is 13.0. The van der Waals surface area contributed by atoms with E-state index in [1.165, 1.54) is 25.0 Å². The Morgan fingerprint density at radius 2 is 2.05 bits per heavy atom. The summed E-state index contributed by atoms with van der Waals surface area (Å²) in [6, 6.07) is 8.44. The van der Waals surface area contributed by atoms with Gasteiger partial charge < -0.3 is 5.32 Å². The van der Waals surface area contributed by atoms with Crippen molar-refractivity contribution in [1.29, 1.82) is 0 Å². The van der Waals surface area contributed by atoms with Crippen molar-refractivity contribution in [3.63, 3.8) is 0 Å². The van der Waals surface area contributed by atoms with Gasteiger partial charge in [0.05, 0.1) is 5.69 Å². The fourth-order valence-electron chi connectivity index (χ4n) is 2.68. The quantitative estimate of drug-likeness (QED) is 0.932. The molecule has 1 saturated heterocycles. The Morgan fingerprint density at radius 1 is 1.20 bits per heavy atom. The molecule has 1 aromatic heterocycles. The lowest BCUT2D eigenvalue weighted by atomic mass is 9.94. The standard InChI is InChI=1S/C16H18FN3/c17-14-5-3-13(4-6-14)16-9-15(19-11-20-16)8-12-2-1-7-18-10-12/h3-6,9,11-12,18H,1-2,7-8,10H2/t12-/m1/s1. The molecule has 2 heterocycles. The van der Waals surface area contributed by atoms with Crippen LogP contribution in [0.4, 0.5) is 4.39 Å². The summed E-state index contributed by atoms with van der Waals surface area (Å²) in [6.45, 7) is 2.19. The molecular formula is C16H18FN3. The number of hydrogen-bond donors (Lipinski definition) is 1. The van der Waals surface area contributed by atoms with Crippen LogP contribution in [0.1, 0.15) is 18.5 Å². The van der Waals surface area contributed by atoms with Crippen LogP contribution in [0.25, 0.3) is 11.3 Å². The second kappa shape index (κ2) is 6.09. The Hall–Kier alpha value is -1.81.